The first-order valence-electron chi connectivity index (χ1n) is 11.0. The minimum Gasteiger partial charge on any atom is -0.307 e. The van der Waals surface area contributed by atoms with Crippen molar-refractivity contribution >= 4 is 39.3 Å². The first-order valence-corrected chi connectivity index (χ1v) is 12.8. The molecule has 0 spiro atoms. The second-order valence-corrected chi connectivity index (χ2v) is 10.0. The fraction of sp³-hybridized carbons (Fsp3) is 0.240. The van der Waals surface area contributed by atoms with Gasteiger partial charge in [0.25, 0.3) is 5.91 Å². The summed E-state index contributed by atoms with van der Waals surface area (Å²) in [4.78, 5) is 24.7. The maximum atomic E-state index is 13.8. The summed E-state index contributed by atoms with van der Waals surface area (Å²) in [7, 11) is 0. The highest BCUT2D eigenvalue weighted by Crippen LogP contribution is 2.30. The van der Waals surface area contributed by atoms with Gasteiger partial charge in [-0.1, -0.05) is 51.1 Å². The van der Waals surface area contributed by atoms with Crippen molar-refractivity contribution in [1.82, 2.24) is 25.0 Å². The van der Waals surface area contributed by atoms with E-state index in [9.17, 15) is 4.79 Å². The number of aryl methyl sites for hydroxylation is 3. The molecule has 34 heavy (non-hydrogen) atoms. The molecule has 0 N–H and O–H groups in total. The number of aromatic nitrogens is 5. The first kappa shape index (κ1) is 22.7. The van der Waals surface area contributed by atoms with Gasteiger partial charge in [-0.2, -0.15) is 0 Å². The van der Waals surface area contributed by atoms with E-state index in [1.165, 1.54) is 17.3 Å². The Balaban J connectivity index is 1.53. The Kier molecular flexibility index (Phi) is 6.47. The Hall–Kier alpha value is -3.04. The zero-order chi connectivity index (χ0) is 23.7. The van der Waals surface area contributed by atoms with Gasteiger partial charge in [0.2, 0.25) is 0 Å². The van der Waals surface area contributed by atoms with Crippen LogP contribution in [0.25, 0.3) is 5.69 Å². The number of thioether (sulfide) groups is 1. The average Bonchev–Trinajstić information content (AvgIpc) is 3.25. The molecule has 0 bridgehead atoms. The van der Waals surface area contributed by atoms with Crippen molar-refractivity contribution in [3.63, 3.8) is 0 Å². The van der Waals surface area contributed by atoms with Crippen LogP contribution >= 0.6 is 27.7 Å². The Morgan fingerprint density at radius 3 is 2.56 bits per heavy atom. The van der Waals surface area contributed by atoms with Gasteiger partial charge in [-0.25, -0.2) is 14.6 Å². The molecule has 2 aromatic carbocycles. The lowest BCUT2D eigenvalue weighted by Gasteiger charge is -2.29. The van der Waals surface area contributed by atoms with Crippen LogP contribution in [0.15, 0.2) is 64.2 Å². The number of hydrogen-bond donors (Lipinski definition) is 0. The summed E-state index contributed by atoms with van der Waals surface area (Å²) < 4.78 is 2.71. The quantitative estimate of drug-likeness (QED) is 0.254. The van der Waals surface area contributed by atoms with Crippen molar-refractivity contribution in [2.24, 2.45) is 0 Å². The Morgan fingerprint density at radius 1 is 1.06 bits per heavy atom. The molecule has 0 saturated carbocycles. The van der Waals surface area contributed by atoms with Crippen molar-refractivity contribution in [1.29, 1.82) is 0 Å². The van der Waals surface area contributed by atoms with Crippen LogP contribution in [0.3, 0.4) is 0 Å². The molecule has 4 aromatic rings. The summed E-state index contributed by atoms with van der Waals surface area (Å²) in [6.45, 7) is 4.57. The van der Waals surface area contributed by atoms with Crippen LogP contribution in [0.4, 0.5) is 5.69 Å². The van der Waals surface area contributed by atoms with Gasteiger partial charge in [0.15, 0.2) is 10.9 Å². The number of nitrogens with zero attached hydrogens (tertiary/aromatic N) is 6. The highest BCUT2D eigenvalue weighted by atomic mass is 79.9. The van der Waals surface area contributed by atoms with Crippen molar-refractivity contribution in [2.45, 2.75) is 37.6 Å². The van der Waals surface area contributed by atoms with Gasteiger partial charge in [-0.05, 0) is 68.7 Å². The van der Waals surface area contributed by atoms with Crippen LogP contribution in [-0.2, 0) is 12.2 Å². The third-order valence-electron chi connectivity index (χ3n) is 5.69. The summed E-state index contributed by atoms with van der Waals surface area (Å²) >= 11 is 4.96. The van der Waals surface area contributed by atoms with Gasteiger partial charge in [0.05, 0.1) is 11.4 Å². The minimum absolute atomic E-state index is 0.132. The third-order valence-corrected chi connectivity index (χ3v) is 7.08. The largest absolute Gasteiger partial charge is 0.307 e. The predicted molar refractivity (Wildman–Crippen MR) is 137 cm³/mol. The van der Waals surface area contributed by atoms with E-state index >= 15 is 0 Å². The number of rotatable bonds is 5. The lowest BCUT2D eigenvalue weighted by molar-refractivity contribution is 0.0979. The minimum atomic E-state index is -0.132. The number of hydrogen-bond acceptors (Lipinski definition) is 6. The Morgan fingerprint density at radius 2 is 1.79 bits per heavy atom. The second-order valence-electron chi connectivity index (χ2n) is 8.18. The molecule has 9 heteroatoms. The molecule has 1 aliphatic heterocycles. The topological polar surface area (TPSA) is 76.8 Å². The van der Waals surface area contributed by atoms with Gasteiger partial charge >= 0.3 is 0 Å². The molecule has 0 saturated heterocycles. The second kappa shape index (κ2) is 9.68. The summed E-state index contributed by atoms with van der Waals surface area (Å²) in [5.74, 6) is 0.329. The lowest BCUT2D eigenvalue weighted by Crippen LogP contribution is -2.36. The van der Waals surface area contributed by atoms with E-state index in [2.05, 4.69) is 42.3 Å². The smallest absolute Gasteiger partial charge is 0.280 e. The van der Waals surface area contributed by atoms with E-state index in [1.54, 1.807) is 4.68 Å². The molecule has 0 radical (unpaired) electrons. The molecule has 7 nitrogen and oxygen atoms in total. The zero-order valence-corrected chi connectivity index (χ0v) is 21.3. The summed E-state index contributed by atoms with van der Waals surface area (Å²) in [5, 5.41) is 9.42. The van der Waals surface area contributed by atoms with Crippen molar-refractivity contribution in [3.05, 3.63) is 87.4 Å². The van der Waals surface area contributed by atoms with E-state index in [4.69, 9.17) is 0 Å². The highest BCUT2D eigenvalue weighted by molar-refractivity contribution is 9.10. The fourth-order valence-corrected chi connectivity index (χ4v) is 5.36. The van der Waals surface area contributed by atoms with E-state index in [1.807, 2.05) is 67.3 Å². The van der Waals surface area contributed by atoms with Crippen LogP contribution in [-0.4, -0.2) is 37.4 Å². The summed E-state index contributed by atoms with van der Waals surface area (Å²) in [6.07, 6.45) is 1.89. The SMILES string of the molecule is Cc1cc(C)nc(SCc2c(C(=O)N3CCCc4ccccc43)nnn2-c2ccc(Br)cc2)n1. The standard InChI is InChI=1S/C25H23BrN6OS/c1-16-14-17(2)28-25(27-16)34-15-22-23(29-30-32(22)20-11-9-19(26)10-12-20)24(33)31-13-5-7-18-6-3-4-8-21(18)31/h3-4,6,8-12,14H,5,7,13,15H2,1-2H3. The maximum Gasteiger partial charge on any atom is 0.280 e. The monoisotopic (exact) mass is 534 g/mol. The number of carbonyl (C=O) groups excluding carboxylic acids is 1. The molecule has 1 aliphatic rings. The van der Waals surface area contributed by atoms with Gasteiger partial charge in [0, 0.05) is 33.8 Å². The van der Waals surface area contributed by atoms with Crippen LogP contribution < -0.4 is 4.90 Å². The zero-order valence-electron chi connectivity index (χ0n) is 18.9. The van der Waals surface area contributed by atoms with Crippen LogP contribution in [0.1, 0.15) is 39.6 Å². The van der Waals surface area contributed by atoms with Crippen molar-refractivity contribution < 1.29 is 4.79 Å². The molecule has 1 amide bonds. The van der Waals surface area contributed by atoms with E-state index < -0.39 is 0 Å². The van der Waals surface area contributed by atoms with Gasteiger partial charge in [-0.15, -0.1) is 5.10 Å². The maximum absolute atomic E-state index is 13.8. The summed E-state index contributed by atoms with van der Waals surface area (Å²) in [5.41, 5.74) is 5.88. The lowest BCUT2D eigenvalue weighted by atomic mass is 10.0. The molecule has 172 valence electrons. The molecule has 5 rings (SSSR count). The molecular formula is C25H23BrN6OS. The van der Waals surface area contributed by atoms with Crippen LogP contribution in [0.2, 0.25) is 0 Å². The molecule has 0 aliphatic carbocycles. The number of benzene rings is 2. The molecular weight excluding hydrogens is 512 g/mol. The van der Waals surface area contributed by atoms with Gasteiger partial charge in [-0.3, -0.25) is 4.79 Å². The number of fused-ring (bicyclic) bond motifs is 1. The molecule has 3 heterocycles. The van der Waals surface area contributed by atoms with E-state index in [0.717, 1.165) is 45.8 Å². The van der Waals surface area contributed by atoms with Crippen LogP contribution in [0.5, 0.6) is 0 Å². The highest BCUT2D eigenvalue weighted by Gasteiger charge is 2.29. The number of amides is 1. The number of carbonyl (C=O) groups is 1. The van der Waals surface area contributed by atoms with Gasteiger partial charge in [0.1, 0.15) is 0 Å². The number of anilines is 1. The predicted octanol–water partition coefficient (Wildman–Crippen LogP) is 5.32. The Bertz CT molecular complexity index is 1330. The molecule has 0 fully saturated rings. The Labute approximate surface area is 210 Å². The van der Waals surface area contributed by atoms with E-state index in [0.29, 0.717) is 23.1 Å². The molecule has 2 aromatic heterocycles. The average molecular weight is 535 g/mol. The molecule has 0 atom stereocenters. The first-order chi connectivity index (χ1) is 16.5. The number of para-hydroxylation sites is 1. The third kappa shape index (κ3) is 4.63. The number of halogens is 1. The normalized spacial score (nSPS) is 13.1. The molecule has 0 unspecified atom stereocenters. The summed E-state index contributed by atoms with van der Waals surface area (Å²) in [6, 6.07) is 17.8. The fourth-order valence-electron chi connectivity index (χ4n) is 4.15. The van der Waals surface area contributed by atoms with Crippen molar-refractivity contribution in [3.8, 4) is 5.69 Å². The van der Waals surface area contributed by atoms with E-state index in [-0.39, 0.29) is 5.91 Å². The van der Waals surface area contributed by atoms with Crippen molar-refractivity contribution in [2.75, 3.05) is 11.4 Å². The van der Waals surface area contributed by atoms with Crippen LogP contribution in [0, 0.1) is 13.8 Å². The van der Waals surface area contributed by atoms with Gasteiger partial charge < -0.3 is 4.90 Å².